The molecule has 0 N–H and O–H groups in total. The second kappa shape index (κ2) is 5.35. The summed E-state index contributed by atoms with van der Waals surface area (Å²) in [5, 5.41) is 0. The minimum atomic E-state index is 0.479. The highest BCUT2D eigenvalue weighted by Crippen LogP contribution is 2.40. The van der Waals surface area contributed by atoms with Crippen molar-refractivity contribution in [2.24, 2.45) is 10.8 Å². The number of hydrogen-bond acceptors (Lipinski definition) is 0. The average Bonchev–Trinajstić information content (AvgIpc) is 1.81. The first-order chi connectivity index (χ1) is 5.68. The third-order valence-corrected chi connectivity index (χ3v) is 3.34. The zero-order chi connectivity index (χ0) is 10.7. The van der Waals surface area contributed by atoms with Gasteiger partial charge in [-0.25, -0.2) is 0 Å². The van der Waals surface area contributed by atoms with E-state index in [0.29, 0.717) is 15.1 Å². The molecule has 0 aliphatic carbocycles. The lowest BCUT2D eigenvalue weighted by Gasteiger charge is -2.34. The Morgan fingerprint density at radius 1 is 1.15 bits per heavy atom. The first kappa shape index (κ1) is 14.2. The van der Waals surface area contributed by atoms with Crippen LogP contribution in [0.1, 0.15) is 47.5 Å². The molecule has 0 aromatic carbocycles. The van der Waals surface area contributed by atoms with E-state index >= 15 is 0 Å². The number of rotatable bonds is 5. The lowest BCUT2D eigenvalue weighted by Crippen LogP contribution is -2.24. The van der Waals surface area contributed by atoms with Crippen molar-refractivity contribution in [3.8, 4) is 0 Å². The largest absolute Gasteiger partial charge is 0.240 e. The van der Waals surface area contributed by atoms with Crippen LogP contribution in [0.3, 0.4) is 0 Å². The molecule has 0 fully saturated rings. The predicted molar refractivity (Wildman–Crippen MR) is 76.8 cm³/mol. The Kier molecular flexibility index (Phi) is 5.85. The molecule has 0 aromatic rings. The van der Waals surface area contributed by atoms with Crippen LogP contribution < -0.4 is 0 Å². The lowest BCUT2D eigenvalue weighted by atomic mass is 9.68. The monoisotopic (exact) mass is 312 g/mol. The average molecular weight is 312 g/mol. The van der Waals surface area contributed by atoms with Gasteiger partial charge < -0.3 is 0 Å². The smallest absolute Gasteiger partial charge is 0.159 e. The molecule has 13 heavy (non-hydrogen) atoms. The minimum absolute atomic E-state index is 0.479. The minimum Gasteiger partial charge on any atom is -0.159 e. The molecule has 0 saturated carbocycles. The Labute approximate surface area is 100 Å². The third kappa shape index (κ3) is 7.19. The second-order valence-corrected chi connectivity index (χ2v) is 9.34. The molecule has 0 rings (SSSR count). The van der Waals surface area contributed by atoms with Gasteiger partial charge in [-0.15, -0.1) is 22.4 Å². The molecule has 0 aliphatic rings. The molecular weight excluding hydrogens is 289 g/mol. The highest BCUT2D eigenvalue weighted by atomic mass is 127. The summed E-state index contributed by atoms with van der Waals surface area (Å²) in [6, 6.07) is 0. The van der Waals surface area contributed by atoms with Crippen LogP contribution in [0.5, 0.6) is 0 Å². The maximum atomic E-state index is 2.89. The van der Waals surface area contributed by atoms with Gasteiger partial charge in [-0.2, -0.15) is 9.12 Å². The van der Waals surface area contributed by atoms with Crippen LogP contribution in [0.4, 0.5) is 0 Å². The molecule has 3 heteroatoms. The summed E-state index contributed by atoms with van der Waals surface area (Å²) in [6.07, 6.45) is 3.89. The van der Waals surface area contributed by atoms with E-state index in [2.05, 4.69) is 66.1 Å². The van der Waals surface area contributed by atoms with Gasteiger partial charge in [0, 0.05) is 0 Å². The van der Waals surface area contributed by atoms with E-state index < -0.39 is 0 Å². The van der Waals surface area contributed by atoms with Crippen molar-refractivity contribution in [3.05, 3.63) is 0 Å². The highest BCUT2D eigenvalue weighted by molar-refractivity contribution is 14.1. The zero-order valence-corrected chi connectivity index (χ0v) is 13.0. The summed E-state index contributed by atoms with van der Waals surface area (Å²) >= 11 is 2.49. The van der Waals surface area contributed by atoms with Gasteiger partial charge in [0.2, 0.25) is 4.29 Å². The summed E-state index contributed by atoms with van der Waals surface area (Å²) in [4.78, 5) is 0. The lowest BCUT2D eigenvalue weighted by molar-refractivity contribution is 0.206. The Balaban J connectivity index is 4.16. The maximum Gasteiger partial charge on any atom is 0.240 e. The maximum absolute atomic E-state index is 2.89. The van der Waals surface area contributed by atoms with Crippen molar-refractivity contribution in [3.63, 3.8) is 0 Å². The van der Waals surface area contributed by atoms with Crippen molar-refractivity contribution in [2.75, 3.05) is 0 Å². The Hall–Kier alpha value is 1.22. The van der Waals surface area contributed by atoms with Gasteiger partial charge in [0.15, 0.2) is 0 Å². The summed E-state index contributed by atoms with van der Waals surface area (Å²) in [5.74, 6) is 0. The standard InChI is InChI=1S/C10H23BIP/c1-6-9(2,3)7-10(4,5)8-11(12)13/h6-8,13H2,1-5H3. The molecule has 0 nitrogen and oxygen atoms in total. The first-order valence-electron chi connectivity index (χ1n) is 5.08. The van der Waals surface area contributed by atoms with Gasteiger partial charge >= 0.3 is 0 Å². The van der Waals surface area contributed by atoms with Crippen molar-refractivity contribution < 1.29 is 0 Å². The van der Waals surface area contributed by atoms with Gasteiger partial charge in [-0.1, -0.05) is 47.4 Å². The summed E-state index contributed by atoms with van der Waals surface area (Å²) < 4.78 is 0.709. The highest BCUT2D eigenvalue weighted by Gasteiger charge is 2.29. The summed E-state index contributed by atoms with van der Waals surface area (Å²) in [6.45, 7) is 11.8. The predicted octanol–water partition coefficient (Wildman–Crippen LogP) is 4.64. The fraction of sp³-hybridized carbons (Fsp3) is 1.00. The normalized spacial score (nSPS) is 13.2. The van der Waals surface area contributed by atoms with Gasteiger partial charge in [-0.3, -0.25) is 0 Å². The fourth-order valence-electron chi connectivity index (χ4n) is 2.02. The molecule has 0 aromatic heterocycles. The molecule has 0 amide bonds. The van der Waals surface area contributed by atoms with Gasteiger partial charge in [0.1, 0.15) is 0 Å². The Morgan fingerprint density at radius 3 is 1.92 bits per heavy atom. The van der Waals surface area contributed by atoms with Crippen molar-refractivity contribution in [1.29, 1.82) is 0 Å². The van der Waals surface area contributed by atoms with Gasteiger partial charge in [0.25, 0.3) is 0 Å². The molecular formula is C10H23BIP. The summed E-state index contributed by atoms with van der Waals surface area (Å²) in [5.41, 5.74) is 0.979. The molecule has 78 valence electrons. The van der Waals surface area contributed by atoms with Gasteiger partial charge in [0.05, 0.1) is 0 Å². The topological polar surface area (TPSA) is 0 Å². The molecule has 1 atom stereocenters. The third-order valence-electron chi connectivity index (χ3n) is 2.66. The molecule has 0 aliphatic heterocycles. The quantitative estimate of drug-likeness (QED) is 0.394. The molecule has 1 unspecified atom stereocenters. The second-order valence-electron chi connectivity index (χ2n) is 5.58. The van der Waals surface area contributed by atoms with E-state index in [9.17, 15) is 0 Å². The van der Waals surface area contributed by atoms with E-state index in [-0.39, 0.29) is 0 Å². The number of halogens is 1. The summed E-state index contributed by atoms with van der Waals surface area (Å²) in [7, 11) is 2.89. The van der Waals surface area contributed by atoms with E-state index in [0.717, 1.165) is 0 Å². The molecule has 0 bridgehead atoms. The Morgan fingerprint density at radius 2 is 1.62 bits per heavy atom. The van der Waals surface area contributed by atoms with Crippen molar-refractivity contribution in [2.45, 2.75) is 53.8 Å². The molecule has 0 heterocycles. The molecule has 0 radical (unpaired) electrons. The van der Waals surface area contributed by atoms with Crippen LogP contribution in [-0.2, 0) is 0 Å². The van der Waals surface area contributed by atoms with Crippen LogP contribution in [0.2, 0.25) is 6.32 Å². The van der Waals surface area contributed by atoms with Crippen LogP contribution in [0.25, 0.3) is 0 Å². The van der Waals surface area contributed by atoms with Crippen LogP contribution in [-0.4, -0.2) is 4.29 Å². The van der Waals surface area contributed by atoms with E-state index in [1.54, 1.807) is 0 Å². The van der Waals surface area contributed by atoms with E-state index in [4.69, 9.17) is 0 Å². The molecule has 0 saturated heterocycles. The van der Waals surface area contributed by atoms with Gasteiger partial charge in [-0.05, 0) is 17.3 Å². The van der Waals surface area contributed by atoms with Crippen LogP contribution in [0.15, 0.2) is 0 Å². The Bertz CT molecular complexity index is 155. The van der Waals surface area contributed by atoms with E-state index in [1.165, 1.54) is 19.2 Å². The first-order valence-corrected chi connectivity index (χ1v) is 6.99. The zero-order valence-electron chi connectivity index (χ0n) is 9.65. The van der Waals surface area contributed by atoms with Crippen LogP contribution >= 0.6 is 31.5 Å². The number of hydrogen-bond donors (Lipinski definition) is 0. The van der Waals surface area contributed by atoms with Crippen LogP contribution in [0, 0.1) is 10.8 Å². The SMILES string of the molecule is CCC(C)(C)CC(C)(C)CB(P)I. The van der Waals surface area contributed by atoms with Crippen molar-refractivity contribution in [1.82, 2.24) is 0 Å². The fourth-order valence-corrected chi connectivity index (χ4v) is 3.85. The molecule has 0 spiro atoms. The van der Waals surface area contributed by atoms with E-state index in [1.807, 2.05) is 0 Å². The van der Waals surface area contributed by atoms with Crippen molar-refractivity contribution >= 4 is 35.8 Å².